The Balaban J connectivity index is 4.04. The molecule has 10 heteroatoms. The fourth-order valence-electron chi connectivity index (χ4n) is 9.52. The molecule has 0 radical (unpaired) electrons. The first-order chi connectivity index (χ1) is 36.0. The van der Waals surface area contributed by atoms with Crippen molar-refractivity contribution in [2.24, 2.45) is 0 Å². The lowest BCUT2D eigenvalue weighted by atomic mass is 10.0. The number of unbranched alkanes of at least 4 members (excludes halogenated alkanes) is 42. The van der Waals surface area contributed by atoms with E-state index in [0.29, 0.717) is 23.9 Å². The van der Waals surface area contributed by atoms with E-state index in [2.05, 4.69) is 38.2 Å². The van der Waals surface area contributed by atoms with Crippen molar-refractivity contribution in [3.8, 4) is 0 Å². The molecule has 0 saturated carbocycles. The van der Waals surface area contributed by atoms with Crippen LogP contribution in [0.1, 0.15) is 322 Å². The number of quaternary nitrogens is 1. The molecule has 0 aromatic heterocycles. The van der Waals surface area contributed by atoms with E-state index >= 15 is 0 Å². The summed E-state index contributed by atoms with van der Waals surface area (Å²) in [4.78, 5) is 35.8. The van der Waals surface area contributed by atoms with E-state index in [0.717, 1.165) is 44.9 Å². The molecule has 2 unspecified atom stereocenters. The molecule has 0 rings (SSSR count). The van der Waals surface area contributed by atoms with Crippen LogP contribution in [-0.4, -0.2) is 74.9 Å². The van der Waals surface area contributed by atoms with Gasteiger partial charge in [-0.05, 0) is 44.9 Å². The number of hydrogen-bond acceptors (Lipinski definition) is 7. The monoisotopic (exact) mass is 1070 g/mol. The first-order valence-corrected chi connectivity index (χ1v) is 33.6. The maximum Gasteiger partial charge on any atom is 0.472 e. The number of hydrogen-bond donors (Lipinski definition) is 1. The number of esters is 2. The van der Waals surface area contributed by atoms with Crippen molar-refractivity contribution in [2.45, 2.75) is 328 Å². The van der Waals surface area contributed by atoms with Crippen molar-refractivity contribution < 1.29 is 42.1 Å². The third kappa shape index (κ3) is 59.7. The SMILES string of the molecule is CCCCCCC/C=C\C/C=C\CCCCCCCCCCCC(=O)OC(COC(=O)CCCCCCCCCCCCCCCCCCCCCCCCCCCCCCC)COP(=O)(O)OCC[N+](C)(C)C. The zero-order chi connectivity index (χ0) is 54.2. The first-order valence-electron chi connectivity index (χ1n) is 32.1. The maximum absolute atomic E-state index is 12.8. The van der Waals surface area contributed by atoms with Crippen LogP contribution in [0.4, 0.5) is 0 Å². The fourth-order valence-corrected chi connectivity index (χ4v) is 10.3. The Hall–Kier alpha value is -1.51. The van der Waals surface area contributed by atoms with Crippen molar-refractivity contribution in [3.05, 3.63) is 24.3 Å². The number of carbonyl (C=O) groups is 2. The molecule has 0 bridgehead atoms. The molecule has 1 N–H and O–H groups in total. The number of nitrogens with zero attached hydrogens (tertiary/aromatic N) is 1. The third-order valence-corrected chi connectivity index (χ3v) is 15.5. The molecule has 0 aliphatic heterocycles. The summed E-state index contributed by atoms with van der Waals surface area (Å²) in [5, 5.41) is 0. The third-order valence-electron chi connectivity index (χ3n) is 14.5. The Morgan fingerprint density at radius 3 is 1.07 bits per heavy atom. The Morgan fingerprint density at radius 1 is 0.419 bits per heavy atom. The molecule has 0 aromatic carbocycles. The van der Waals surface area contributed by atoms with E-state index in [9.17, 15) is 19.0 Å². The standard InChI is InChI=1S/C64H124NO8P/c1-6-8-10-12-14-16-18-20-22-24-26-28-29-30-31-32-33-34-35-37-38-40-42-44-46-48-50-52-54-56-63(66)70-60-62(61-72-74(68,69)71-59-58-65(3,4)5)73-64(67)57-55-53-51-49-47-45-43-41-39-36-27-25-23-21-19-17-15-13-11-9-7-2/h19,21,25,27,62H,6-18,20,22-24,26,28-61H2,1-5H3/p+1/b21-19-,27-25-. The first kappa shape index (κ1) is 72.5. The predicted octanol–water partition coefficient (Wildman–Crippen LogP) is 20.2. The number of allylic oxidation sites excluding steroid dienone is 4. The molecule has 0 aliphatic carbocycles. The van der Waals surface area contributed by atoms with E-state index in [1.807, 2.05) is 21.1 Å². The van der Waals surface area contributed by atoms with E-state index in [4.69, 9.17) is 18.5 Å². The van der Waals surface area contributed by atoms with Gasteiger partial charge in [-0.3, -0.25) is 18.6 Å². The van der Waals surface area contributed by atoms with Gasteiger partial charge < -0.3 is 18.9 Å². The van der Waals surface area contributed by atoms with E-state index in [1.54, 1.807) is 0 Å². The van der Waals surface area contributed by atoms with Crippen molar-refractivity contribution in [3.63, 3.8) is 0 Å². The van der Waals surface area contributed by atoms with Gasteiger partial charge in [-0.25, -0.2) is 4.57 Å². The van der Waals surface area contributed by atoms with Crippen LogP contribution in [0.5, 0.6) is 0 Å². The van der Waals surface area contributed by atoms with E-state index in [-0.39, 0.29) is 25.6 Å². The second-order valence-corrected chi connectivity index (χ2v) is 24.6. The van der Waals surface area contributed by atoms with Crippen molar-refractivity contribution >= 4 is 19.8 Å². The highest BCUT2D eigenvalue weighted by Crippen LogP contribution is 2.43. The van der Waals surface area contributed by atoms with Gasteiger partial charge in [0.2, 0.25) is 0 Å². The van der Waals surface area contributed by atoms with Crippen LogP contribution in [0.15, 0.2) is 24.3 Å². The minimum Gasteiger partial charge on any atom is -0.462 e. The van der Waals surface area contributed by atoms with Gasteiger partial charge in [0.05, 0.1) is 27.7 Å². The summed E-state index contributed by atoms with van der Waals surface area (Å²) in [6.07, 6.45) is 68.4. The number of phosphoric ester groups is 1. The van der Waals surface area contributed by atoms with Gasteiger partial charge in [-0.2, -0.15) is 0 Å². The summed E-state index contributed by atoms with van der Waals surface area (Å²) in [6, 6.07) is 0. The molecule has 0 aliphatic rings. The highest BCUT2D eigenvalue weighted by Gasteiger charge is 2.27. The number of carbonyl (C=O) groups excluding carboxylic acids is 2. The van der Waals surface area contributed by atoms with Gasteiger partial charge in [-0.15, -0.1) is 0 Å². The lowest BCUT2D eigenvalue weighted by Crippen LogP contribution is -2.37. The van der Waals surface area contributed by atoms with Gasteiger partial charge in [0.25, 0.3) is 0 Å². The average Bonchev–Trinajstić information content (AvgIpc) is 3.36. The molecular formula is C64H125NO8P+. The van der Waals surface area contributed by atoms with Crippen LogP contribution in [0.2, 0.25) is 0 Å². The number of ether oxygens (including phenoxy) is 2. The molecule has 0 heterocycles. The Bertz CT molecular complexity index is 1300. The fraction of sp³-hybridized carbons (Fsp3) is 0.906. The van der Waals surface area contributed by atoms with Gasteiger partial charge in [0.1, 0.15) is 19.8 Å². The lowest BCUT2D eigenvalue weighted by molar-refractivity contribution is -0.870. The van der Waals surface area contributed by atoms with Gasteiger partial charge >= 0.3 is 19.8 Å². The molecule has 0 spiro atoms. The average molecular weight is 1070 g/mol. The second kappa shape index (κ2) is 56.2. The molecule has 2 atom stereocenters. The van der Waals surface area contributed by atoms with Crippen LogP contribution in [0.3, 0.4) is 0 Å². The molecule has 0 aromatic rings. The topological polar surface area (TPSA) is 108 Å². The van der Waals surface area contributed by atoms with Crippen LogP contribution in [-0.2, 0) is 32.7 Å². The summed E-state index contributed by atoms with van der Waals surface area (Å²) >= 11 is 0. The van der Waals surface area contributed by atoms with Gasteiger partial charge in [-0.1, -0.05) is 289 Å². The summed E-state index contributed by atoms with van der Waals surface area (Å²) in [5.74, 6) is -0.784. The molecule has 0 saturated heterocycles. The highest BCUT2D eigenvalue weighted by atomic mass is 31.2. The van der Waals surface area contributed by atoms with E-state index in [1.165, 1.54) is 244 Å². The molecule has 9 nitrogen and oxygen atoms in total. The zero-order valence-corrected chi connectivity index (χ0v) is 50.8. The zero-order valence-electron chi connectivity index (χ0n) is 49.9. The smallest absolute Gasteiger partial charge is 0.462 e. The predicted molar refractivity (Wildman–Crippen MR) is 317 cm³/mol. The maximum atomic E-state index is 12.8. The number of phosphoric acid groups is 1. The normalized spacial score (nSPS) is 13.3. The molecule has 0 fully saturated rings. The lowest BCUT2D eigenvalue weighted by Gasteiger charge is -2.24. The van der Waals surface area contributed by atoms with E-state index < -0.39 is 26.5 Å². The molecular weight excluding hydrogens is 942 g/mol. The van der Waals surface area contributed by atoms with Crippen molar-refractivity contribution in [2.75, 3.05) is 47.5 Å². The quantitative estimate of drug-likeness (QED) is 0.0211. The Labute approximate surface area is 459 Å². The summed E-state index contributed by atoms with van der Waals surface area (Å²) in [5.41, 5.74) is 0. The van der Waals surface area contributed by atoms with Gasteiger partial charge in [0.15, 0.2) is 6.10 Å². The Morgan fingerprint density at radius 2 is 0.730 bits per heavy atom. The van der Waals surface area contributed by atoms with Crippen molar-refractivity contribution in [1.29, 1.82) is 0 Å². The van der Waals surface area contributed by atoms with Crippen LogP contribution < -0.4 is 0 Å². The van der Waals surface area contributed by atoms with Crippen LogP contribution in [0, 0.1) is 0 Å². The van der Waals surface area contributed by atoms with Crippen molar-refractivity contribution in [1.82, 2.24) is 0 Å². The van der Waals surface area contributed by atoms with Gasteiger partial charge in [0, 0.05) is 12.8 Å². The molecule has 0 amide bonds. The second-order valence-electron chi connectivity index (χ2n) is 23.2. The number of likely N-dealkylation sites (N-methyl/N-ethyl adjacent to an activating group) is 1. The Kier molecular flexibility index (Phi) is 55.1. The molecule has 74 heavy (non-hydrogen) atoms. The minimum absolute atomic E-state index is 0.0334. The summed E-state index contributed by atoms with van der Waals surface area (Å²) in [6.45, 7) is 4.48. The molecule has 438 valence electrons. The number of rotatable bonds is 60. The van der Waals surface area contributed by atoms with Crippen LogP contribution >= 0.6 is 7.82 Å². The van der Waals surface area contributed by atoms with Crippen LogP contribution in [0.25, 0.3) is 0 Å². The minimum atomic E-state index is -4.39. The largest absolute Gasteiger partial charge is 0.472 e. The summed E-state index contributed by atoms with van der Waals surface area (Å²) < 4.78 is 34.6. The summed E-state index contributed by atoms with van der Waals surface area (Å²) in [7, 11) is 1.49. The highest BCUT2D eigenvalue weighted by molar-refractivity contribution is 7.47.